The van der Waals surface area contributed by atoms with Crippen LogP contribution in [0.15, 0.2) is 29.6 Å². The Kier molecular flexibility index (Phi) is 5.36. The van der Waals surface area contributed by atoms with Crippen LogP contribution in [0.2, 0.25) is 0 Å². The minimum absolute atomic E-state index is 0.0798. The van der Waals surface area contributed by atoms with Crippen molar-refractivity contribution < 1.29 is 23.9 Å². The van der Waals surface area contributed by atoms with Crippen molar-refractivity contribution in [1.82, 2.24) is 9.38 Å². The Morgan fingerprint density at radius 2 is 1.89 bits per heavy atom. The largest absolute Gasteiger partial charge is 0.497 e. The van der Waals surface area contributed by atoms with Gasteiger partial charge >= 0.3 is 5.97 Å². The molecular formula is C19H18N2O5S. The average Bonchev–Trinajstić information content (AvgIpc) is 3.21. The first-order valence-corrected chi connectivity index (χ1v) is 9.18. The molecule has 0 aliphatic rings. The number of hydrogen-bond donors (Lipinski definition) is 0. The average molecular weight is 386 g/mol. The van der Waals surface area contributed by atoms with E-state index < -0.39 is 24.0 Å². The fourth-order valence-corrected chi connectivity index (χ4v) is 3.58. The molecule has 0 fully saturated rings. The SMILES string of the molecule is CCOC(=O)C(=O)CC(=O)c1c(-c2ccc(OC)cc2)nc2scc(C)n12. The summed E-state index contributed by atoms with van der Waals surface area (Å²) in [6.45, 7) is 3.54. The number of hydrogen-bond acceptors (Lipinski definition) is 7. The number of esters is 1. The van der Waals surface area contributed by atoms with Gasteiger partial charge < -0.3 is 9.47 Å². The van der Waals surface area contributed by atoms with Crippen molar-refractivity contribution in [2.45, 2.75) is 20.3 Å². The lowest BCUT2D eigenvalue weighted by Gasteiger charge is -2.06. The van der Waals surface area contributed by atoms with E-state index in [0.29, 0.717) is 16.4 Å². The minimum atomic E-state index is -1.00. The number of carbonyl (C=O) groups excluding carboxylic acids is 3. The van der Waals surface area contributed by atoms with Gasteiger partial charge in [-0.15, -0.1) is 11.3 Å². The zero-order valence-electron chi connectivity index (χ0n) is 15.1. The van der Waals surface area contributed by atoms with Crippen molar-refractivity contribution in [3.63, 3.8) is 0 Å². The maximum atomic E-state index is 12.9. The van der Waals surface area contributed by atoms with Crippen LogP contribution in [0, 0.1) is 6.92 Å². The van der Waals surface area contributed by atoms with Crippen molar-refractivity contribution in [2.75, 3.05) is 13.7 Å². The number of imidazole rings is 1. The van der Waals surface area contributed by atoms with Crippen molar-refractivity contribution in [2.24, 2.45) is 0 Å². The molecule has 2 aromatic heterocycles. The summed E-state index contributed by atoms with van der Waals surface area (Å²) in [5.41, 5.74) is 2.30. The first-order chi connectivity index (χ1) is 13.0. The Labute approximate surface area is 159 Å². The van der Waals surface area contributed by atoms with E-state index in [9.17, 15) is 14.4 Å². The maximum absolute atomic E-state index is 12.9. The van der Waals surface area contributed by atoms with E-state index in [1.165, 1.54) is 11.3 Å². The van der Waals surface area contributed by atoms with Gasteiger partial charge in [-0.1, -0.05) is 0 Å². The molecule has 0 aliphatic carbocycles. The Bertz CT molecular complexity index is 1020. The molecule has 7 nitrogen and oxygen atoms in total. The van der Waals surface area contributed by atoms with Gasteiger partial charge in [0.2, 0.25) is 5.78 Å². The lowest BCUT2D eigenvalue weighted by Crippen LogP contribution is -2.21. The van der Waals surface area contributed by atoms with Gasteiger partial charge in [0.25, 0.3) is 0 Å². The van der Waals surface area contributed by atoms with Crippen LogP contribution in [0.4, 0.5) is 0 Å². The van der Waals surface area contributed by atoms with E-state index in [2.05, 4.69) is 9.72 Å². The summed E-state index contributed by atoms with van der Waals surface area (Å²) in [4.78, 5) is 41.7. The van der Waals surface area contributed by atoms with Crippen molar-refractivity contribution >= 4 is 33.8 Å². The lowest BCUT2D eigenvalue weighted by molar-refractivity contribution is -0.153. The Morgan fingerprint density at radius 3 is 2.52 bits per heavy atom. The number of aromatic nitrogens is 2. The van der Waals surface area contributed by atoms with E-state index in [4.69, 9.17) is 4.74 Å². The highest BCUT2D eigenvalue weighted by Crippen LogP contribution is 2.30. The molecule has 0 unspecified atom stereocenters. The first kappa shape index (κ1) is 18.8. The quantitative estimate of drug-likeness (QED) is 0.268. The van der Waals surface area contributed by atoms with Crippen LogP contribution >= 0.6 is 11.3 Å². The molecule has 3 aromatic rings. The molecule has 0 bridgehead atoms. The third-order valence-corrected chi connectivity index (χ3v) is 4.93. The molecule has 0 aliphatic heterocycles. The summed E-state index contributed by atoms with van der Waals surface area (Å²) < 4.78 is 11.6. The van der Waals surface area contributed by atoms with Crippen LogP contribution < -0.4 is 4.74 Å². The Balaban J connectivity index is 2.04. The van der Waals surface area contributed by atoms with E-state index in [1.807, 2.05) is 12.3 Å². The van der Waals surface area contributed by atoms with Gasteiger partial charge in [0, 0.05) is 16.6 Å². The molecule has 0 saturated heterocycles. The van der Waals surface area contributed by atoms with Crippen LogP contribution in [0.3, 0.4) is 0 Å². The smallest absolute Gasteiger partial charge is 0.375 e. The molecule has 27 heavy (non-hydrogen) atoms. The number of methoxy groups -OCH3 is 1. The van der Waals surface area contributed by atoms with E-state index in [0.717, 1.165) is 11.3 Å². The van der Waals surface area contributed by atoms with Crippen molar-refractivity contribution in [3.8, 4) is 17.0 Å². The second kappa shape index (κ2) is 7.71. The Morgan fingerprint density at radius 1 is 1.19 bits per heavy atom. The van der Waals surface area contributed by atoms with Crippen LogP contribution in [-0.2, 0) is 14.3 Å². The third kappa shape index (κ3) is 3.61. The predicted octanol–water partition coefficient (Wildman–Crippen LogP) is 3.08. The highest BCUT2D eigenvalue weighted by Gasteiger charge is 2.27. The zero-order valence-corrected chi connectivity index (χ0v) is 16.0. The number of ether oxygens (including phenoxy) is 2. The highest BCUT2D eigenvalue weighted by atomic mass is 32.1. The molecule has 0 saturated carbocycles. The molecule has 0 spiro atoms. The number of rotatable bonds is 7. The monoisotopic (exact) mass is 386 g/mol. The second-order valence-electron chi connectivity index (χ2n) is 5.78. The zero-order chi connectivity index (χ0) is 19.6. The molecule has 0 radical (unpaired) electrons. The number of fused-ring (bicyclic) bond motifs is 1. The molecule has 140 valence electrons. The summed E-state index contributed by atoms with van der Waals surface area (Å²) >= 11 is 1.40. The first-order valence-electron chi connectivity index (χ1n) is 8.30. The third-order valence-electron chi connectivity index (χ3n) is 3.99. The molecule has 3 rings (SSSR count). The summed E-state index contributed by atoms with van der Waals surface area (Å²) in [7, 11) is 1.57. The van der Waals surface area contributed by atoms with Gasteiger partial charge in [0.1, 0.15) is 17.1 Å². The molecule has 0 atom stereocenters. The number of nitrogens with zero attached hydrogens (tertiary/aromatic N) is 2. The van der Waals surface area contributed by atoms with Crippen LogP contribution in [0.1, 0.15) is 29.5 Å². The van der Waals surface area contributed by atoms with Crippen LogP contribution in [0.25, 0.3) is 16.2 Å². The predicted molar refractivity (Wildman–Crippen MR) is 100 cm³/mol. The van der Waals surface area contributed by atoms with Crippen molar-refractivity contribution in [1.29, 1.82) is 0 Å². The molecular weight excluding hydrogens is 368 g/mol. The molecule has 0 amide bonds. The maximum Gasteiger partial charge on any atom is 0.375 e. The molecule has 8 heteroatoms. The summed E-state index contributed by atoms with van der Waals surface area (Å²) in [6, 6.07) is 7.14. The van der Waals surface area contributed by atoms with E-state index >= 15 is 0 Å². The number of thiazole rings is 1. The van der Waals surface area contributed by atoms with Gasteiger partial charge in [-0.2, -0.15) is 0 Å². The van der Waals surface area contributed by atoms with E-state index in [1.54, 1.807) is 42.7 Å². The fourth-order valence-electron chi connectivity index (χ4n) is 2.72. The van der Waals surface area contributed by atoms with Gasteiger partial charge in [-0.05, 0) is 38.1 Å². The van der Waals surface area contributed by atoms with Gasteiger partial charge in [0.15, 0.2) is 10.7 Å². The van der Waals surface area contributed by atoms with Crippen LogP contribution in [-0.4, -0.2) is 40.6 Å². The molecule has 2 heterocycles. The number of aryl methyl sites for hydroxylation is 1. The normalized spacial score (nSPS) is 10.8. The van der Waals surface area contributed by atoms with Crippen molar-refractivity contribution in [3.05, 3.63) is 41.0 Å². The standard InChI is InChI=1S/C19H18N2O5S/c1-4-26-18(24)15(23)9-14(22)17-16(12-5-7-13(25-3)8-6-12)20-19-21(17)11(2)10-27-19/h5-8,10H,4,9H2,1-3H3. The van der Waals surface area contributed by atoms with Gasteiger partial charge in [0.05, 0.1) is 20.1 Å². The fraction of sp³-hybridized carbons (Fsp3) is 0.263. The summed E-state index contributed by atoms with van der Waals surface area (Å²) in [5, 5.41) is 1.88. The summed E-state index contributed by atoms with van der Waals surface area (Å²) in [5.74, 6) is -1.67. The molecule has 1 aromatic carbocycles. The summed E-state index contributed by atoms with van der Waals surface area (Å²) in [6.07, 6.45) is -0.564. The molecule has 0 N–H and O–H groups in total. The van der Waals surface area contributed by atoms with E-state index in [-0.39, 0.29) is 12.3 Å². The second-order valence-corrected chi connectivity index (χ2v) is 6.61. The van der Waals surface area contributed by atoms with Gasteiger partial charge in [-0.3, -0.25) is 14.0 Å². The van der Waals surface area contributed by atoms with Gasteiger partial charge in [-0.25, -0.2) is 9.78 Å². The number of benzene rings is 1. The Hall–Kier alpha value is -3.00. The number of Topliss-reactive ketones (excluding diaryl/α,β-unsaturated/α-hetero) is 2. The van der Waals surface area contributed by atoms with Crippen LogP contribution in [0.5, 0.6) is 5.75 Å². The minimum Gasteiger partial charge on any atom is -0.497 e. The topological polar surface area (TPSA) is 87.0 Å². The number of carbonyl (C=O) groups is 3. The lowest BCUT2D eigenvalue weighted by atomic mass is 10.0. The highest BCUT2D eigenvalue weighted by molar-refractivity contribution is 7.15. The number of ketones is 2.